The van der Waals surface area contributed by atoms with Crippen molar-refractivity contribution in [1.29, 1.82) is 0 Å². The molecule has 0 radical (unpaired) electrons. The molecule has 1 heterocycles. The number of nitrogens with zero attached hydrogens (tertiary/aromatic N) is 2. The van der Waals surface area contributed by atoms with E-state index in [2.05, 4.69) is 6.92 Å². The van der Waals surface area contributed by atoms with Crippen molar-refractivity contribution in [2.45, 2.75) is 64.7 Å². The number of carbonyl (C=O) groups is 1. The number of benzene rings is 1. The molecule has 1 aliphatic heterocycles. The molecule has 0 N–H and O–H groups in total. The molecule has 0 bridgehead atoms. The second-order valence-electron chi connectivity index (χ2n) is 8.63. The zero-order valence-corrected chi connectivity index (χ0v) is 18.5. The monoisotopic (exact) mass is 406 g/mol. The molecule has 1 amide bonds. The lowest BCUT2D eigenvalue weighted by Gasteiger charge is -2.34. The summed E-state index contributed by atoms with van der Waals surface area (Å²) in [5.41, 5.74) is 2.67. The summed E-state index contributed by atoms with van der Waals surface area (Å²) in [5, 5.41) is 0. The second kappa shape index (κ2) is 8.54. The number of piperidine rings is 1. The van der Waals surface area contributed by atoms with Crippen molar-refractivity contribution < 1.29 is 13.2 Å². The van der Waals surface area contributed by atoms with Gasteiger partial charge in [-0.3, -0.25) is 4.79 Å². The third kappa shape index (κ3) is 4.60. The third-order valence-corrected chi connectivity index (χ3v) is 8.19. The van der Waals surface area contributed by atoms with Crippen LogP contribution < -0.4 is 0 Å². The van der Waals surface area contributed by atoms with Crippen LogP contribution >= 0.6 is 0 Å². The molecule has 2 aliphatic rings. The zero-order valence-electron chi connectivity index (χ0n) is 17.7. The minimum absolute atomic E-state index is 0.0445. The lowest BCUT2D eigenvalue weighted by molar-refractivity contribution is -0.137. The fourth-order valence-corrected chi connectivity index (χ4v) is 6.36. The van der Waals surface area contributed by atoms with E-state index in [0.717, 1.165) is 36.2 Å². The summed E-state index contributed by atoms with van der Waals surface area (Å²) in [6.45, 7) is 10.4. The van der Waals surface area contributed by atoms with Gasteiger partial charge in [-0.1, -0.05) is 24.6 Å². The van der Waals surface area contributed by atoms with Crippen LogP contribution in [0.15, 0.2) is 17.0 Å². The SMILES string of the molecule is CCCN(CC1CC1)C(=O)C1CCN(S(=O)(=O)c2c(C)cc(C)cc2C)CC1. The molecule has 156 valence electrons. The van der Waals surface area contributed by atoms with Crippen LogP contribution in [0.3, 0.4) is 0 Å². The number of amides is 1. The van der Waals surface area contributed by atoms with E-state index in [1.807, 2.05) is 37.8 Å². The van der Waals surface area contributed by atoms with Gasteiger partial charge in [0.1, 0.15) is 0 Å². The summed E-state index contributed by atoms with van der Waals surface area (Å²) in [5.74, 6) is 0.869. The molecule has 1 saturated heterocycles. The minimum atomic E-state index is -3.52. The van der Waals surface area contributed by atoms with Crippen molar-refractivity contribution in [2.75, 3.05) is 26.2 Å². The van der Waals surface area contributed by atoms with E-state index in [1.165, 1.54) is 12.8 Å². The van der Waals surface area contributed by atoms with Gasteiger partial charge in [-0.05, 0) is 69.9 Å². The Balaban J connectivity index is 1.68. The number of sulfonamides is 1. The summed E-state index contributed by atoms with van der Waals surface area (Å²) in [6, 6.07) is 3.85. The number of rotatable bonds is 7. The highest BCUT2D eigenvalue weighted by molar-refractivity contribution is 7.89. The number of aryl methyl sites for hydroxylation is 3. The molecule has 0 unspecified atom stereocenters. The van der Waals surface area contributed by atoms with Gasteiger partial charge in [0, 0.05) is 32.1 Å². The summed E-state index contributed by atoms with van der Waals surface area (Å²) in [7, 11) is -3.52. The van der Waals surface area contributed by atoms with Crippen LogP contribution in [0.2, 0.25) is 0 Å². The maximum atomic E-state index is 13.2. The number of hydrogen-bond acceptors (Lipinski definition) is 3. The van der Waals surface area contributed by atoms with Crippen molar-refractivity contribution >= 4 is 15.9 Å². The molecule has 0 atom stereocenters. The van der Waals surface area contributed by atoms with E-state index in [-0.39, 0.29) is 11.8 Å². The van der Waals surface area contributed by atoms with Crippen molar-refractivity contribution in [3.63, 3.8) is 0 Å². The molecule has 1 saturated carbocycles. The van der Waals surface area contributed by atoms with Gasteiger partial charge in [0.15, 0.2) is 0 Å². The first-order valence-electron chi connectivity index (χ1n) is 10.6. The molecule has 1 aromatic carbocycles. The smallest absolute Gasteiger partial charge is 0.243 e. The van der Waals surface area contributed by atoms with E-state index in [9.17, 15) is 13.2 Å². The van der Waals surface area contributed by atoms with Crippen LogP contribution in [0.5, 0.6) is 0 Å². The second-order valence-corrected chi connectivity index (χ2v) is 10.5. The maximum Gasteiger partial charge on any atom is 0.243 e. The number of carbonyl (C=O) groups excluding carboxylic acids is 1. The predicted octanol–water partition coefficient (Wildman–Crippen LogP) is 3.66. The van der Waals surface area contributed by atoms with E-state index < -0.39 is 10.0 Å². The summed E-state index contributed by atoms with van der Waals surface area (Å²) >= 11 is 0. The quantitative estimate of drug-likeness (QED) is 0.694. The summed E-state index contributed by atoms with van der Waals surface area (Å²) in [4.78, 5) is 15.4. The van der Waals surface area contributed by atoms with Crippen LogP contribution in [-0.2, 0) is 14.8 Å². The first kappa shape index (κ1) is 21.3. The zero-order chi connectivity index (χ0) is 20.5. The average molecular weight is 407 g/mol. The van der Waals surface area contributed by atoms with Gasteiger partial charge in [0.05, 0.1) is 4.90 Å². The van der Waals surface area contributed by atoms with Crippen LogP contribution in [0.1, 0.15) is 55.7 Å². The molecule has 0 spiro atoms. The Morgan fingerprint density at radius 3 is 2.14 bits per heavy atom. The Kier molecular flexibility index (Phi) is 6.50. The predicted molar refractivity (Wildman–Crippen MR) is 112 cm³/mol. The third-order valence-electron chi connectivity index (χ3n) is 5.99. The maximum absolute atomic E-state index is 13.2. The summed E-state index contributed by atoms with van der Waals surface area (Å²) in [6.07, 6.45) is 4.68. The van der Waals surface area contributed by atoms with Gasteiger partial charge in [-0.15, -0.1) is 0 Å². The average Bonchev–Trinajstić information content (AvgIpc) is 3.44. The van der Waals surface area contributed by atoms with E-state index in [0.29, 0.717) is 36.7 Å². The Hall–Kier alpha value is -1.40. The standard InChI is InChI=1S/C22H34N2O3S/c1-5-10-23(15-19-6-7-19)22(25)20-8-11-24(12-9-20)28(26,27)21-17(3)13-16(2)14-18(21)4/h13-14,19-20H,5-12,15H2,1-4H3. The molecule has 5 nitrogen and oxygen atoms in total. The van der Waals surface area contributed by atoms with Crippen LogP contribution in [0.4, 0.5) is 0 Å². The fraction of sp³-hybridized carbons (Fsp3) is 0.682. The van der Waals surface area contributed by atoms with Gasteiger partial charge in [0.2, 0.25) is 15.9 Å². The first-order chi connectivity index (χ1) is 13.2. The van der Waals surface area contributed by atoms with Crippen molar-refractivity contribution in [2.24, 2.45) is 11.8 Å². The highest BCUT2D eigenvalue weighted by Crippen LogP contribution is 2.32. The topological polar surface area (TPSA) is 57.7 Å². The van der Waals surface area contributed by atoms with Gasteiger partial charge in [-0.2, -0.15) is 4.31 Å². The van der Waals surface area contributed by atoms with Gasteiger partial charge in [0.25, 0.3) is 0 Å². The van der Waals surface area contributed by atoms with Gasteiger partial charge >= 0.3 is 0 Å². The fourth-order valence-electron chi connectivity index (χ4n) is 4.48. The van der Waals surface area contributed by atoms with Crippen molar-refractivity contribution in [3.05, 3.63) is 28.8 Å². The molecule has 1 aliphatic carbocycles. The molecular formula is C22H34N2O3S. The molecule has 0 aromatic heterocycles. The highest BCUT2D eigenvalue weighted by Gasteiger charge is 2.36. The molecular weight excluding hydrogens is 372 g/mol. The first-order valence-corrected chi connectivity index (χ1v) is 12.0. The Bertz CT molecular complexity index is 799. The lowest BCUT2D eigenvalue weighted by atomic mass is 9.96. The van der Waals surface area contributed by atoms with Gasteiger partial charge in [-0.25, -0.2) is 8.42 Å². The van der Waals surface area contributed by atoms with Crippen molar-refractivity contribution in [1.82, 2.24) is 9.21 Å². The van der Waals surface area contributed by atoms with Crippen molar-refractivity contribution in [3.8, 4) is 0 Å². The lowest BCUT2D eigenvalue weighted by Crippen LogP contribution is -2.45. The summed E-state index contributed by atoms with van der Waals surface area (Å²) < 4.78 is 28.1. The van der Waals surface area contributed by atoms with E-state index >= 15 is 0 Å². The number of hydrogen-bond donors (Lipinski definition) is 0. The normalized spacial score (nSPS) is 19.0. The van der Waals surface area contributed by atoms with Crippen LogP contribution in [0.25, 0.3) is 0 Å². The highest BCUT2D eigenvalue weighted by atomic mass is 32.2. The Labute approximate surface area is 170 Å². The van der Waals surface area contributed by atoms with Crippen LogP contribution in [-0.4, -0.2) is 49.7 Å². The molecule has 28 heavy (non-hydrogen) atoms. The Morgan fingerprint density at radius 2 is 1.64 bits per heavy atom. The molecule has 1 aromatic rings. The Morgan fingerprint density at radius 1 is 1.07 bits per heavy atom. The minimum Gasteiger partial charge on any atom is -0.342 e. The largest absolute Gasteiger partial charge is 0.342 e. The molecule has 3 rings (SSSR count). The molecule has 2 fully saturated rings. The molecule has 6 heteroatoms. The van der Waals surface area contributed by atoms with Gasteiger partial charge < -0.3 is 4.90 Å². The van der Waals surface area contributed by atoms with E-state index in [1.54, 1.807) is 4.31 Å². The van der Waals surface area contributed by atoms with E-state index in [4.69, 9.17) is 0 Å². The van der Waals surface area contributed by atoms with Crippen LogP contribution in [0, 0.1) is 32.6 Å².